The van der Waals surface area contributed by atoms with Gasteiger partial charge in [-0.3, -0.25) is 9.59 Å². The van der Waals surface area contributed by atoms with Crippen LogP contribution in [0.4, 0.5) is 0 Å². The molecule has 1 fully saturated rings. The summed E-state index contributed by atoms with van der Waals surface area (Å²) in [6.07, 6.45) is 4.14. The van der Waals surface area contributed by atoms with Crippen molar-refractivity contribution in [1.29, 1.82) is 0 Å². The van der Waals surface area contributed by atoms with E-state index in [4.69, 9.17) is 0 Å². The van der Waals surface area contributed by atoms with Gasteiger partial charge < -0.3 is 15.5 Å². The summed E-state index contributed by atoms with van der Waals surface area (Å²) in [5.74, 6) is 1.39. The number of nitrogens with zero attached hydrogens (tertiary/aromatic N) is 1. The molecule has 26 heavy (non-hydrogen) atoms. The van der Waals surface area contributed by atoms with Crippen molar-refractivity contribution in [2.24, 2.45) is 11.8 Å². The van der Waals surface area contributed by atoms with Gasteiger partial charge in [-0.15, -0.1) is 0 Å². The Balaban J connectivity index is 1.30. The Labute approximate surface area is 156 Å². The van der Waals surface area contributed by atoms with Crippen molar-refractivity contribution in [3.05, 3.63) is 35.4 Å². The molecule has 142 valence electrons. The van der Waals surface area contributed by atoms with Crippen LogP contribution in [-0.4, -0.2) is 36.3 Å². The van der Waals surface area contributed by atoms with E-state index in [1.165, 1.54) is 24.0 Å². The Bertz CT molecular complexity index is 600. The SMILES string of the molecule is CC(CC(=O)NCCCC(=O)N1Cc2ccccc2C1)C1CCNCC1. The number of nitrogens with one attached hydrogen (secondary N) is 2. The molecule has 1 aromatic carbocycles. The van der Waals surface area contributed by atoms with E-state index >= 15 is 0 Å². The molecule has 1 unspecified atom stereocenters. The second kappa shape index (κ2) is 9.17. The highest BCUT2D eigenvalue weighted by Crippen LogP contribution is 2.24. The fourth-order valence-electron chi connectivity index (χ4n) is 4.08. The first-order valence-corrected chi connectivity index (χ1v) is 9.95. The Morgan fingerprint density at radius 2 is 1.85 bits per heavy atom. The van der Waals surface area contributed by atoms with Crippen molar-refractivity contribution in [3.63, 3.8) is 0 Å². The van der Waals surface area contributed by atoms with Crippen molar-refractivity contribution in [3.8, 4) is 0 Å². The quantitative estimate of drug-likeness (QED) is 0.737. The van der Waals surface area contributed by atoms with Crippen molar-refractivity contribution < 1.29 is 9.59 Å². The van der Waals surface area contributed by atoms with Crippen LogP contribution in [0.25, 0.3) is 0 Å². The van der Waals surface area contributed by atoms with Crippen LogP contribution < -0.4 is 10.6 Å². The molecule has 1 saturated heterocycles. The lowest BCUT2D eigenvalue weighted by Gasteiger charge is -2.27. The number of benzene rings is 1. The average molecular weight is 357 g/mol. The summed E-state index contributed by atoms with van der Waals surface area (Å²) in [6.45, 7) is 6.34. The van der Waals surface area contributed by atoms with Gasteiger partial charge in [0.1, 0.15) is 0 Å². The molecule has 5 heteroatoms. The van der Waals surface area contributed by atoms with Gasteiger partial charge in [0.05, 0.1) is 0 Å². The van der Waals surface area contributed by atoms with Gasteiger partial charge in [0.25, 0.3) is 0 Å². The van der Waals surface area contributed by atoms with Crippen LogP contribution in [0.5, 0.6) is 0 Å². The maximum absolute atomic E-state index is 12.4. The molecule has 0 aromatic heterocycles. The molecule has 0 radical (unpaired) electrons. The van der Waals surface area contributed by atoms with E-state index in [9.17, 15) is 9.59 Å². The summed E-state index contributed by atoms with van der Waals surface area (Å²) < 4.78 is 0. The molecule has 0 aliphatic carbocycles. The third-order valence-corrected chi connectivity index (χ3v) is 5.78. The van der Waals surface area contributed by atoms with Gasteiger partial charge in [0.2, 0.25) is 11.8 Å². The third kappa shape index (κ3) is 5.07. The molecular weight excluding hydrogens is 326 g/mol. The van der Waals surface area contributed by atoms with Gasteiger partial charge in [-0.05, 0) is 55.3 Å². The highest BCUT2D eigenvalue weighted by Gasteiger charge is 2.23. The van der Waals surface area contributed by atoms with Gasteiger partial charge in [-0.2, -0.15) is 0 Å². The number of fused-ring (bicyclic) bond motifs is 1. The van der Waals surface area contributed by atoms with E-state index in [1.54, 1.807) is 0 Å². The normalized spacial score (nSPS) is 18.4. The van der Waals surface area contributed by atoms with Gasteiger partial charge >= 0.3 is 0 Å². The van der Waals surface area contributed by atoms with E-state index < -0.39 is 0 Å². The lowest BCUT2D eigenvalue weighted by molar-refractivity contribution is -0.132. The summed E-state index contributed by atoms with van der Waals surface area (Å²) >= 11 is 0. The molecule has 0 bridgehead atoms. The molecule has 3 rings (SSSR count). The van der Waals surface area contributed by atoms with E-state index in [2.05, 4.69) is 29.7 Å². The zero-order valence-corrected chi connectivity index (χ0v) is 15.8. The molecule has 2 amide bonds. The number of hydrogen-bond acceptors (Lipinski definition) is 3. The zero-order valence-electron chi connectivity index (χ0n) is 15.8. The first kappa shape index (κ1) is 18.9. The lowest BCUT2D eigenvalue weighted by Crippen LogP contribution is -2.34. The number of hydrogen-bond donors (Lipinski definition) is 2. The van der Waals surface area contributed by atoms with Crippen LogP contribution in [0.15, 0.2) is 24.3 Å². The highest BCUT2D eigenvalue weighted by molar-refractivity contribution is 5.77. The molecule has 1 aromatic rings. The number of rotatable bonds is 7. The first-order valence-electron chi connectivity index (χ1n) is 9.95. The van der Waals surface area contributed by atoms with Crippen LogP contribution in [-0.2, 0) is 22.7 Å². The molecule has 1 atom stereocenters. The molecule has 2 N–H and O–H groups in total. The number of piperidine rings is 1. The minimum Gasteiger partial charge on any atom is -0.356 e. The van der Waals surface area contributed by atoms with Crippen LogP contribution in [0.2, 0.25) is 0 Å². The summed E-state index contributed by atoms with van der Waals surface area (Å²) in [5, 5.41) is 6.36. The van der Waals surface area contributed by atoms with Gasteiger partial charge in [-0.25, -0.2) is 0 Å². The Morgan fingerprint density at radius 1 is 1.19 bits per heavy atom. The predicted octanol–water partition coefficient (Wildman–Crippen LogP) is 2.45. The molecule has 0 spiro atoms. The predicted molar refractivity (Wildman–Crippen MR) is 102 cm³/mol. The minimum absolute atomic E-state index is 0.122. The van der Waals surface area contributed by atoms with E-state index in [0.717, 1.165) is 26.2 Å². The highest BCUT2D eigenvalue weighted by atomic mass is 16.2. The van der Waals surface area contributed by atoms with E-state index in [0.29, 0.717) is 37.6 Å². The monoisotopic (exact) mass is 357 g/mol. The minimum atomic E-state index is 0.122. The van der Waals surface area contributed by atoms with E-state index in [1.807, 2.05) is 17.0 Å². The molecule has 2 aliphatic rings. The zero-order chi connectivity index (χ0) is 18.4. The first-order chi connectivity index (χ1) is 12.6. The van der Waals surface area contributed by atoms with E-state index in [-0.39, 0.29) is 11.8 Å². The van der Waals surface area contributed by atoms with Crippen LogP contribution >= 0.6 is 0 Å². The number of carbonyl (C=O) groups is 2. The second-order valence-corrected chi connectivity index (χ2v) is 7.74. The number of carbonyl (C=O) groups excluding carboxylic acids is 2. The molecule has 2 heterocycles. The maximum Gasteiger partial charge on any atom is 0.223 e. The second-order valence-electron chi connectivity index (χ2n) is 7.74. The van der Waals surface area contributed by atoms with Crippen molar-refractivity contribution in [2.45, 2.75) is 52.1 Å². The van der Waals surface area contributed by atoms with Crippen LogP contribution in [0, 0.1) is 11.8 Å². The largest absolute Gasteiger partial charge is 0.356 e. The van der Waals surface area contributed by atoms with Crippen molar-refractivity contribution in [1.82, 2.24) is 15.5 Å². The number of amides is 2. The van der Waals surface area contributed by atoms with Crippen LogP contribution in [0.3, 0.4) is 0 Å². The fraction of sp³-hybridized carbons (Fsp3) is 0.619. The molecule has 5 nitrogen and oxygen atoms in total. The van der Waals surface area contributed by atoms with Gasteiger partial charge in [0.15, 0.2) is 0 Å². The van der Waals surface area contributed by atoms with Gasteiger partial charge in [-0.1, -0.05) is 31.2 Å². The summed E-state index contributed by atoms with van der Waals surface area (Å²) in [7, 11) is 0. The lowest BCUT2D eigenvalue weighted by atomic mass is 9.84. The smallest absolute Gasteiger partial charge is 0.223 e. The average Bonchev–Trinajstić information content (AvgIpc) is 3.10. The van der Waals surface area contributed by atoms with Gasteiger partial charge in [0, 0.05) is 32.5 Å². The topological polar surface area (TPSA) is 61.4 Å². The molecule has 2 aliphatic heterocycles. The Morgan fingerprint density at radius 3 is 2.50 bits per heavy atom. The molecule has 0 saturated carbocycles. The Hall–Kier alpha value is -1.88. The summed E-state index contributed by atoms with van der Waals surface area (Å²) in [4.78, 5) is 26.4. The Kier molecular flexibility index (Phi) is 6.67. The standard InChI is InChI=1S/C21H31N3O2/c1-16(17-8-11-22-12-9-17)13-20(25)23-10-4-7-21(26)24-14-18-5-2-3-6-19(18)15-24/h2-3,5-6,16-17,22H,4,7-15H2,1H3,(H,23,25). The molecular formula is C21H31N3O2. The van der Waals surface area contributed by atoms with Crippen molar-refractivity contribution >= 4 is 11.8 Å². The van der Waals surface area contributed by atoms with Crippen LogP contribution in [0.1, 0.15) is 50.2 Å². The fourth-order valence-corrected chi connectivity index (χ4v) is 4.08. The summed E-state index contributed by atoms with van der Waals surface area (Å²) in [6, 6.07) is 8.22. The van der Waals surface area contributed by atoms with Crippen molar-refractivity contribution in [2.75, 3.05) is 19.6 Å². The third-order valence-electron chi connectivity index (χ3n) is 5.78. The maximum atomic E-state index is 12.4. The summed E-state index contributed by atoms with van der Waals surface area (Å²) in [5.41, 5.74) is 2.50.